The highest BCUT2D eigenvalue weighted by atomic mass is 16.5. The number of carbonyl (C=O) groups excluding carboxylic acids is 1. The summed E-state index contributed by atoms with van der Waals surface area (Å²) >= 11 is 0. The van der Waals surface area contributed by atoms with Gasteiger partial charge in [-0.1, -0.05) is 55.2 Å². The average molecular weight is 490 g/mol. The van der Waals surface area contributed by atoms with Crippen molar-refractivity contribution < 1.29 is 19.7 Å². The third-order valence-electron chi connectivity index (χ3n) is 7.67. The van der Waals surface area contributed by atoms with Crippen molar-refractivity contribution in [1.29, 1.82) is 0 Å². The van der Waals surface area contributed by atoms with Gasteiger partial charge in [-0.2, -0.15) is 0 Å². The van der Waals surface area contributed by atoms with E-state index in [1.54, 1.807) is 7.11 Å². The predicted octanol–water partition coefficient (Wildman–Crippen LogP) is 6.30. The lowest BCUT2D eigenvalue weighted by atomic mass is 9.80. The van der Waals surface area contributed by atoms with Crippen molar-refractivity contribution in [3.8, 4) is 17.0 Å². The zero-order valence-corrected chi connectivity index (χ0v) is 21.6. The molecule has 1 heterocycles. The lowest BCUT2D eigenvalue weighted by molar-refractivity contribution is 0.0970. The molecular weight excluding hydrogens is 450 g/mol. The number of carbonyl (C=O) groups is 1. The number of hydrogen-bond acceptors (Lipinski definition) is 5. The number of pyridine rings is 1. The standard InChI is InChI=1S/C31H39NO4/c1-21-8-17-27-26(19-21)29(28(35)7-4-18-33)31(36-2)30(32-27)25-15-13-23(14-16-25)6-3-5-22-9-11-24(20-34)12-10-22/h8,13-17,19,22,24,33-34H,3-7,9-12,18,20H2,1-2H3. The van der Waals surface area contributed by atoms with E-state index < -0.39 is 0 Å². The van der Waals surface area contributed by atoms with Crippen LogP contribution < -0.4 is 4.74 Å². The Bertz CT molecular complexity index is 1160. The van der Waals surface area contributed by atoms with Gasteiger partial charge in [0.2, 0.25) is 0 Å². The van der Waals surface area contributed by atoms with Crippen LogP contribution in [0.2, 0.25) is 0 Å². The summed E-state index contributed by atoms with van der Waals surface area (Å²) in [5.41, 5.74) is 5.28. The third kappa shape index (κ3) is 6.13. The minimum absolute atomic E-state index is 0.0195. The first-order valence-electron chi connectivity index (χ1n) is 13.4. The molecule has 4 rings (SSSR count). The summed E-state index contributed by atoms with van der Waals surface area (Å²) in [7, 11) is 1.59. The molecule has 2 N–H and O–H groups in total. The molecule has 36 heavy (non-hydrogen) atoms. The first kappa shape index (κ1) is 26.3. The number of rotatable bonds is 11. The van der Waals surface area contributed by atoms with Crippen LogP contribution in [0.25, 0.3) is 22.2 Å². The molecule has 0 bridgehead atoms. The predicted molar refractivity (Wildman–Crippen MR) is 145 cm³/mol. The Kier molecular flexibility index (Phi) is 9.11. The van der Waals surface area contributed by atoms with E-state index in [1.165, 1.54) is 44.1 Å². The van der Waals surface area contributed by atoms with Crippen molar-refractivity contribution in [3.05, 3.63) is 59.2 Å². The van der Waals surface area contributed by atoms with Gasteiger partial charge in [0.05, 0.1) is 18.2 Å². The fourth-order valence-electron chi connectivity index (χ4n) is 5.52. The third-order valence-corrected chi connectivity index (χ3v) is 7.67. The van der Waals surface area contributed by atoms with E-state index in [2.05, 4.69) is 24.3 Å². The largest absolute Gasteiger partial charge is 0.494 e. The van der Waals surface area contributed by atoms with Gasteiger partial charge in [0.15, 0.2) is 11.5 Å². The summed E-state index contributed by atoms with van der Waals surface area (Å²) in [6.45, 7) is 2.32. The topological polar surface area (TPSA) is 79.7 Å². The molecule has 0 saturated heterocycles. The van der Waals surface area contributed by atoms with Crippen molar-refractivity contribution in [2.24, 2.45) is 11.8 Å². The van der Waals surface area contributed by atoms with E-state index in [0.29, 0.717) is 36.0 Å². The number of fused-ring (bicyclic) bond motifs is 1. The van der Waals surface area contributed by atoms with E-state index in [1.807, 2.05) is 25.1 Å². The van der Waals surface area contributed by atoms with Crippen LogP contribution in [-0.4, -0.2) is 41.3 Å². The molecular formula is C31H39NO4. The summed E-state index contributed by atoms with van der Waals surface area (Å²) < 4.78 is 5.80. The van der Waals surface area contributed by atoms with Crippen LogP contribution in [-0.2, 0) is 6.42 Å². The molecule has 5 heteroatoms. The number of methoxy groups -OCH3 is 1. The monoisotopic (exact) mass is 489 g/mol. The maximum Gasteiger partial charge on any atom is 0.167 e. The van der Waals surface area contributed by atoms with Crippen molar-refractivity contribution >= 4 is 16.7 Å². The van der Waals surface area contributed by atoms with Gasteiger partial charge in [-0.05, 0) is 68.6 Å². The second-order valence-corrected chi connectivity index (χ2v) is 10.3. The van der Waals surface area contributed by atoms with Crippen LogP contribution in [0.3, 0.4) is 0 Å². The molecule has 0 aliphatic heterocycles. The first-order valence-corrected chi connectivity index (χ1v) is 13.4. The molecule has 1 aliphatic rings. The maximum atomic E-state index is 13.2. The van der Waals surface area contributed by atoms with Gasteiger partial charge in [-0.3, -0.25) is 4.79 Å². The zero-order valence-electron chi connectivity index (χ0n) is 21.6. The number of aromatic nitrogens is 1. The van der Waals surface area contributed by atoms with Crippen molar-refractivity contribution in [2.45, 2.75) is 64.7 Å². The maximum absolute atomic E-state index is 13.2. The van der Waals surface area contributed by atoms with Crippen molar-refractivity contribution in [3.63, 3.8) is 0 Å². The van der Waals surface area contributed by atoms with Gasteiger partial charge < -0.3 is 14.9 Å². The van der Waals surface area contributed by atoms with Crippen LogP contribution in [0.15, 0.2) is 42.5 Å². The number of hydrogen-bond donors (Lipinski definition) is 2. The summed E-state index contributed by atoms with van der Waals surface area (Å²) in [5.74, 6) is 1.78. The van der Waals surface area contributed by atoms with Gasteiger partial charge in [0, 0.05) is 30.6 Å². The number of Topliss-reactive ketones (excluding diaryl/α,β-unsaturated/α-hetero) is 1. The lowest BCUT2D eigenvalue weighted by Gasteiger charge is -2.27. The molecule has 1 fully saturated rings. The van der Waals surface area contributed by atoms with E-state index >= 15 is 0 Å². The highest BCUT2D eigenvalue weighted by Crippen LogP contribution is 2.38. The lowest BCUT2D eigenvalue weighted by Crippen LogP contribution is -2.17. The highest BCUT2D eigenvalue weighted by molar-refractivity contribution is 6.11. The normalized spacial score (nSPS) is 17.9. The Balaban J connectivity index is 1.54. The Morgan fingerprint density at radius 2 is 1.72 bits per heavy atom. The van der Waals surface area contributed by atoms with Gasteiger partial charge >= 0.3 is 0 Å². The molecule has 0 atom stereocenters. The van der Waals surface area contributed by atoms with Gasteiger partial charge in [-0.25, -0.2) is 4.98 Å². The number of ketones is 1. The van der Waals surface area contributed by atoms with E-state index in [4.69, 9.17) is 9.72 Å². The minimum Gasteiger partial charge on any atom is -0.494 e. The second kappa shape index (κ2) is 12.5. The molecule has 0 unspecified atom stereocenters. The smallest absolute Gasteiger partial charge is 0.167 e. The van der Waals surface area contributed by atoms with Crippen LogP contribution in [0, 0.1) is 18.8 Å². The Labute approximate surface area is 214 Å². The molecule has 0 spiro atoms. The average Bonchev–Trinajstić information content (AvgIpc) is 2.91. The van der Waals surface area contributed by atoms with Crippen molar-refractivity contribution in [1.82, 2.24) is 4.98 Å². The SMILES string of the molecule is COc1c(-c2ccc(CCCC3CCC(CO)CC3)cc2)nc2ccc(C)cc2c1C(=O)CCCO. The van der Waals surface area contributed by atoms with Crippen molar-refractivity contribution in [2.75, 3.05) is 20.3 Å². The Morgan fingerprint density at radius 1 is 1.00 bits per heavy atom. The summed E-state index contributed by atoms with van der Waals surface area (Å²) in [5, 5.41) is 19.4. The van der Waals surface area contributed by atoms with Gasteiger partial charge in [-0.15, -0.1) is 0 Å². The van der Waals surface area contributed by atoms with Crippen LogP contribution >= 0.6 is 0 Å². The molecule has 1 aromatic heterocycles. The van der Waals surface area contributed by atoms with Gasteiger partial charge in [0.1, 0.15) is 5.69 Å². The number of aryl methyl sites for hydroxylation is 2. The molecule has 5 nitrogen and oxygen atoms in total. The summed E-state index contributed by atoms with van der Waals surface area (Å²) in [4.78, 5) is 18.1. The quantitative estimate of drug-likeness (QED) is 0.309. The summed E-state index contributed by atoms with van der Waals surface area (Å²) in [6, 6.07) is 14.4. The van der Waals surface area contributed by atoms with E-state index in [-0.39, 0.29) is 18.8 Å². The molecule has 0 radical (unpaired) electrons. The summed E-state index contributed by atoms with van der Waals surface area (Å²) in [6.07, 6.45) is 8.98. The van der Waals surface area contributed by atoms with Crippen LogP contribution in [0.1, 0.15) is 72.9 Å². The first-order chi connectivity index (χ1) is 17.5. The molecule has 192 valence electrons. The van der Waals surface area contributed by atoms with E-state index in [9.17, 15) is 15.0 Å². The Morgan fingerprint density at radius 3 is 2.39 bits per heavy atom. The van der Waals surface area contributed by atoms with Crippen LogP contribution in [0.5, 0.6) is 5.75 Å². The number of aliphatic hydroxyl groups is 2. The molecule has 1 saturated carbocycles. The van der Waals surface area contributed by atoms with Crippen LogP contribution in [0.4, 0.5) is 0 Å². The number of aliphatic hydroxyl groups excluding tert-OH is 2. The Hall–Kier alpha value is -2.76. The van der Waals surface area contributed by atoms with E-state index in [0.717, 1.165) is 34.4 Å². The second-order valence-electron chi connectivity index (χ2n) is 10.3. The number of nitrogens with zero attached hydrogens (tertiary/aromatic N) is 1. The molecule has 1 aliphatic carbocycles. The molecule has 2 aromatic carbocycles. The highest BCUT2D eigenvalue weighted by Gasteiger charge is 2.23. The number of ether oxygens (including phenoxy) is 1. The molecule has 0 amide bonds. The number of benzene rings is 2. The fraction of sp³-hybridized carbons (Fsp3) is 0.484. The molecule has 3 aromatic rings. The minimum atomic E-state index is -0.0372. The fourth-order valence-corrected chi connectivity index (χ4v) is 5.52. The zero-order chi connectivity index (χ0) is 25.5. The van der Waals surface area contributed by atoms with Gasteiger partial charge in [0.25, 0.3) is 0 Å².